The Labute approximate surface area is 207 Å². The molecule has 0 aliphatic heterocycles. The number of ether oxygens (including phenoxy) is 1. The van der Waals surface area contributed by atoms with Crippen molar-refractivity contribution in [2.75, 3.05) is 6.61 Å². The van der Waals surface area contributed by atoms with Crippen LogP contribution in [0.25, 0.3) is 22.6 Å². The first kappa shape index (κ1) is 24.1. The molecule has 0 saturated carbocycles. The average molecular weight is 518 g/mol. The van der Waals surface area contributed by atoms with Crippen LogP contribution in [0.2, 0.25) is 10.0 Å². The highest BCUT2D eigenvalue weighted by Crippen LogP contribution is 2.39. The molecule has 2 aromatic carbocycles. The smallest absolute Gasteiger partial charge is 0.356 e. The lowest BCUT2D eigenvalue weighted by molar-refractivity contribution is 0.0518. The van der Waals surface area contributed by atoms with E-state index in [9.17, 15) is 13.2 Å². The zero-order chi connectivity index (χ0) is 24.6. The van der Waals surface area contributed by atoms with Crippen LogP contribution < -0.4 is 0 Å². The van der Waals surface area contributed by atoms with E-state index in [4.69, 9.17) is 32.4 Å². The molecule has 176 valence electrons. The zero-order valence-corrected chi connectivity index (χ0v) is 21.0. The molecule has 4 aromatic rings. The van der Waals surface area contributed by atoms with Crippen molar-refractivity contribution in [1.29, 1.82) is 0 Å². The quantitative estimate of drug-likeness (QED) is 0.262. The molecule has 0 radical (unpaired) electrons. The van der Waals surface area contributed by atoms with E-state index in [2.05, 4.69) is 0 Å². The molecule has 0 aliphatic rings. The summed E-state index contributed by atoms with van der Waals surface area (Å²) in [4.78, 5) is 13.2. The van der Waals surface area contributed by atoms with Crippen LogP contribution in [0.15, 0.2) is 64.1 Å². The normalized spacial score (nSPS) is 12.3. The number of rotatable bonds is 6. The minimum Gasteiger partial charge on any atom is -0.465 e. The molecule has 0 unspecified atom stereocenters. The van der Waals surface area contributed by atoms with Crippen molar-refractivity contribution in [2.45, 2.75) is 25.7 Å². The van der Waals surface area contributed by atoms with Crippen LogP contribution in [0.1, 0.15) is 41.2 Å². The lowest BCUT2D eigenvalue weighted by Crippen LogP contribution is -2.20. The van der Waals surface area contributed by atoms with Gasteiger partial charge in [-0.3, -0.25) is 0 Å². The van der Waals surface area contributed by atoms with E-state index >= 15 is 0 Å². The third-order valence-corrected chi connectivity index (χ3v) is 7.52. The van der Waals surface area contributed by atoms with Gasteiger partial charge < -0.3 is 9.15 Å². The van der Waals surface area contributed by atoms with E-state index in [0.717, 1.165) is 9.54 Å². The summed E-state index contributed by atoms with van der Waals surface area (Å²) in [7, 11) is -4.23. The predicted molar refractivity (Wildman–Crippen MR) is 134 cm³/mol. The van der Waals surface area contributed by atoms with Crippen molar-refractivity contribution in [3.63, 3.8) is 0 Å². The molecule has 0 saturated heterocycles. The van der Waals surface area contributed by atoms with Crippen LogP contribution in [0, 0.1) is 6.92 Å². The highest BCUT2D eigenvalue weighted by Gasteiger charge is 2.32. The molecule has 2 heterocycles. The predicted octanol–water partition coefficient (Wildman–Crippen LogP) is 6.82. The second kappa shape index (κ2) is 9.33. The molecule has 0 atom stereocenters. The van der Waals surface area contributed by atoms with E-state index in [0.29, 0.717) is 22.3 Å². The molecule has 2 aromatic heterocycles. The van der Waals surface area contributed by atoms with Gasteiger partial charge in [0.25, 0.3) is 10.0 Å². The lowest BCUT2D eigenvalue weighted by Gasteiger charge is -2.12. The Bertz CT molecular complexity index is 1520. The summed E-state index contributed by atoms with van der Waals surface area (Å²) in [6.07, 6.45) is 3.19. The highest BCUT2D eigenvalue weighted by molar-refractivity contribution is 7.90. The molecule has 0 amide bonds. The van der Waals surface area contributed by atoms with Crippen LogP contribution in [0.3, 0.4) is 0 Å². The van der Waals surface area contributed by atoms with Crippen molar-refractivity contribution in [2.24, 2.45) is 0 Å². The van der Waals surface area contributed by atoms with E-state index in [-0.39, 0.29) is 32.8 Å². The summed E-state index contributed by atoms with van der Waals surface area (Å²) in [6, 6.07) is 12.8. The lowest BCUT2D eigenvalue weighted by atomic mass is 10.1. The van der Waals surface area contributed by atoms with Crippen LogP contribution in [-0.4, -0.2) is 25.0 Å². The second-order valence-corrected chi connectivity index (χ2v) is 10.3. The van der Waals surface area contributed by atoms with Gasteiger partial charge in [-0.1, -0.05) is 40.9 Å². The molecule has 6 nitrogen and oxygen atoms in total. The number of hydrogen-bond donors (Lipinski definition) is 0. The molecular weight excluding hydrogens is 497 g/mol. The third kappa shape index (κ3) is 4.27. The van der Waals surface area contributed by atoms with E-state index in [1.807, 2.05) is 6.92 Å². The van der Waals surface area contributed by atoms with Gasteiger partial charge in [0.05, 0.1) is 28.3 Å². The number of aryl methyl sites for hydroxylation is 1. The van der Waals surface area contributed by atoms with Gasteiger partial charge in [0.2, 0.25) is 0 Å². The number of carbonyl (C=O) groups is 1. The molecule has 9 heteroatoms. The number of halogens is 2. The maximum Gasteiger partial charge on any atom is 0.356 e. The van der Waals surface area contributed by atoms with Gasteiger partial charge in [-0.25, -0.2) is 17.2 Å². The molecule has 0 N–H and O–H groups in total. The SMILES string of the molecule is CCOC(=O)c1c(/C=C(/C)c2ccco2)c2c(Cl)cc(Cl)cc2n1S(=O)(=O)c1ccc(C)cc1. The van der Waals surface area contributed by atoms with Gasteiger partial charge >= 0.3 is 5.97 Å². The monoisotopic (exact) mass is 517 g/mol. The largest absolute Gasteiger partial charge is 0.465 e. The van der Waals surface area contributed by atoms with Crippen molar-refractivity contribution >= 4 is 61.7 Å². The van der Waals surface area contributed by atoms with Gasteiger partial charge in [0, 0.05) is 16.0 Å². The standard InChI is InChI=1S/C25H21Cl2NO5S/c1-4-32-25(29)24-19(12-16(3)22-6-5-11-33-22)23-20(27)13-17(26)14-21(23)28(24)34(30,31)18-9-7-15(2)8-10-18/h5-14H,4H2,1-3H3/b16-12-. The van der Waals surface area contributed by atoms with Gasteiger partial charge in [0.15, 0.2) is 5.69 Å². The van der Waals surface area contributed by atoms with Crippen molar-refractivity contribution in [3.05, 3.63) is 87.4 Å². The second-order valence-electron chi connectivity index (χ2n) is 7.65. The number of esters is 1. The van der Waals surface area contributed by atoms with E-state index in [1.54, 1.807) is 44.2 Å². The number of benzene rings is 2. The summed E-state index contributed by atoms with van der Waals surface area (Å²) < 4.78 is 39.4. The molecule has 0 fully saturated rings. The zero-order valence-electron chi connectivity index (χ0n) is 18.6. The third-order valence-electron chi connectivity index (χ3n) is 5.28. The van der Waals surface area contributed by atoms with Gasteiger partial charge in [-0.05, 0) is 68.8 Å². The summed E-state index contributed by atoms with van der Waals surface area (Å²) in [6.45, 7) is 5.34. The maximum absolute atomic E-state index is 13.9. The number of furan rings is 1. The minimum absolute atomic E-state index is 0.00920. The van der Waals surface area contributed by atoms with Crippen LogP contribution in [0.5, 0.6) is 0 Å². The van der Waals surface area contributed by atoms with Gasteiger partial charge in [0.1, 0.15) is 5.76 Å². The van der Waals surface area contributed by atoms with E-state index in [1.165, 1.54) is 30.5 Å². The van der Waals surface area contributed by atoms with Crippen LogP contribution in [-0.2, 0) is 14.8 Å². The summed E-state index contributed by atoms with van der Waals surface area (Å²) >= 11 is 12.8. The number of aromatic nitrogens is 1. The molecule has 0 aliphatic carbocycles. The van der Waals surface area contributed by atoms with E-state index < -0.39 is 16.0 Å². The Morgan fingerprint density at radius 1 is 1.15 bits per heavy atom. The van der Waals surface area contributed by atoms with Crippen molar-refractivity contribution in [3.8, 4) is 0 Å². The first-order valence-corrected chi connectivity index (χ1v) is 12.6. The molecule has 0 bridgehead atoms. The topological polar surface area (TPSA) is 78.5 Å². The fraction of sp³-hybridized carbons (Fsp3) is 0.160. The fourth-order valence-electron chi connectivity index (χ4n) is 3.72. The molecule has 4 rings (SSSR count). The van der Waals surface area contributed by atoms with Crippen LogP contribution >= 0.6 is 23.2 Å². The number of carbonyl (C=O) groups excluding carboxylic acids is 1. The Kier molecular flexibility index (Phi) is 6.62. The Hall–Kier alpha value is -3.00. The highest BCUT2D eigenvalue weighted by atomic mass is 35.5. The summed E-state index contributed by atoms with van der Waals surface area (Å²) in [5.74, 6) is -0.248. The number of allylic oxidation sites excluding steroid dienone is 1. The van der Waals surface area contributed by atoms with Crippen LogP contribution in [0.4, 0.5) is 0 Å². The van der Waals surface area contributed by atoms with Crippen molar-refractivity contribution in [1.82, 2.24) is 3.97 Å². The first-order valence-electron chi connectivity index (χ1n) is 10.4. The first-order chi connectivity index (χ1) is 16.1. The Balaban J connectivity index is 2.15. The number of hydrogen-bond acceptors (Lipinski definition) is 5. The maximum atomic E-state index is 13.9. The van der Waals surface area contributed by atoms with Gasteiger partial charge in [-0.2, -0.15) is 0 Å². The molecular formula is C25H21Cl2NO5S. The van der Waals surface area contributed by atoms with Gasteiger partial charge in [-0.15, -0.1) is 0 Å². The number of fused-ring (bicyclic) bond motifs is 1. The minimum atomic E-state index is -4.23. The van der Waals surface area contributed by atoms with Crippen molar-refractivity contribution < 1.29 is 22.4 Å². The summed E-state index contributed by atoms with van der Waals surface area (Å²) in [5, 5.41) is 0.782. The summed E-state index contributed by atoms with van der Waals surface area (Å²) in [5.41, 5.74) is 1.84. The fourth-order valence-corrected chi connectivity index (χ4v) is 5.82. The Morgan fingerprint density at radius 2 is 1.85 bits per heavy atom. The molecule has 34 heavy (non-hydrogen) atoms. The number of nitrogens with zero attached hydrogens (tertiary/aromatic N) is 1. The average Bonchev–Trinajstić information content (AvgIpc) is 3.41. The Morgan fingerprint density at radius 3 is 2.47 bits per heavy atom. The molecule has 0 spiro atoms.